The van der Waals surface area contributed by atoms with Gasteiger partial charge in [0.2, 0.25) is 5.56 Å². The minimum absolute atomic E-state index is 0.197. The number of nitrogens with zero attached hydrogens (tertiary/aromatic N) is 2. The third-order valence-corrected chi connectivity index (χ3v) is 4.60. The number of hydrogen-bond donors (Lipinski definition) is 1. The van der Waals surface area contributed by atoms with E-state index in [2.05, 4.69) is 5.32 Å². The largest absolute Gasteiger partial charge is 0.347 e. The van der Waals surface area contributed by atoms with Crippen LogP contribution in [0, 0.1) is 11.6 Å². The van der Waals surface area contributed by atoms with E-state index in [1.165, 1.54) is 35.0 Å². The maximum Gasteiger partial charge on any atom is 0.253 e. The SMILES string of the molecule is CN1CCC(NC(=O)c2ccc(=O)n(C)c2)C1c1ccc(F)c(F)c1. The van der Waals surface area contributed by atoms with Gasteiger partial charge in [0.1, 0.15) is 0 Å². The van der Waals surface area contributed by atoms with Crippen LogP contribution in [-0.4, -0.2) is 35.0 Å². The van der Waals surface area contributed by atoms with Crippen molar-refractivity contribution in [2.45, 2.75) is 18.5 Å². The fourth-order valence-electron chi connectivity index (χ4n) is 3.26. The van der Waals surface area contributed by atoms with Gasteiger partial charge in [-0.2, -0.15) is 0 Å². The van der Waals surface area contributed by atoms with Crippen LogP contribution in [0.4, 0.5) is 8.78 Å². The lowest BCUT2D eigenvalue weighted by atomic mass is 9.99. The summed E-state index contributed by atoms with van der Waals surface area (Å²) >= 11 is 0. The van der Waals surface area contributed by atoms with Crippen LogP contribution in [0.5, 0.6) is 0 Å². The quantitative estimate of drug-likeness (QED) is 0.922. The van der Waals surface area contributed by atoms with E-state index >= 15 is 0 Å². The van der Waals surface area contributed by atoms with Crippen LogP contribution in [-0.2, 0) is 7.05 Å². The van der Waals surface area contributed by atoms with Crippen LogP contribution in [0.1, 0.15) is 28.4 Å². The second kappa shape index (κ2) is 6.76. The molecule has 5 nitrogen and oxygen atoms in total. The van der Waals surface area contributed by atoms with Gasteiger partial charge in [-0.15, -0.1) is 0 Å². The Morgan fingerprint density at radius 2 is 1.92 bits per heavy atom. The van der Waals surface area contributed by atoms with E-state index in [9.17, 15) is 18.4 Å². The molecule has 1 amide bonds. The molecule has 1 fully saturated rings. The number of carbonyl (C=O) groups excluding carboxylic acids is 1. The smallest absolute Gasteiger partial charge is 0.253 e. The van der Waals surface area contributed by atoms with Crippen LogP contribution in [0.3, 0.4) is 0 Å². The summed E-state index contributed by atoms with van der Waals surface area (Å²) in [6, 6.07) is 6.14. The summed E-state index contributed by atoms with van der Waals surface area (Å²) in [6.07, 6.45) is 2.17. The lowest BCUT2D eigenvalue weighted by Gasteiger charge is -2.26. The van der Waals surface area contributed by atoms with Gasteiger partial charge in [0.15, 0.2) is 11.6 Å². The minimum Gasteiger partial charge on any atom is -0.347 e. The second-order valence-electron chi connectivity index (χ2n) is 6.33. The molecule has 1 aliphatic rings. The van der Waals surface area contributed by atoms with Gasteiger partial charge in [0.25, 0.3) is 5.91 Å². The Bertz CT molecular complexity index is 866. The Morgan fingerprint density at radius 3 is 2.60 bits per heavy atom. The van der Waals surface area contributed by atoms with Crippen molar-refractivity contribution in [2.24, 2.45) is 7.05 Å². The molecule has 0 radical (unpaired) electrons. The van der Waals surface area contributed by atoms with Crippen LogP contribution >= 0.6 is 0 Å². The van der Waals surface area contributed by atoms with Crippen molar-refractivity contribution in [2.75, 3.05) is 13.6 Å². The van der Waals surface area contributed by atoms with Gasteiger partial charge in [-0.3, -0.25) is 14.5 Å². The lowest BCUT2D eigenvalue weighted by molar-refractivity contribution is 0.0927. The number of likely N-dealkylation sites (tertiary alicyclic amines) is 1. The molecule has 0 bridgehead atoms. The average molecular weight is 347 g/mol. The number of nitrogens with one attached hydrogen (secondary N) is 1. The number of benzene rings is 1. The molecule has 2 unspecified atom stereocenters. The highest BCUT2D eigenvalue weighted by Crippen LogP contribution is 2.31. The second-order valence-corrected chi connectivity index (χ2v) is 6.33. The first kappa shape index (κ1) is 17.3. The van der Waals surface area contributed by atoms with Crippen molar-refractivity contribution in [1.82, 2.24) is 14.8 Å². The highest BCUT2D eigenvalue weighted by Gasteiger charge is 2.34. The summed E-state index contributed by atoms with van der Waals surface area (Å²) in [5.41, 5.74) is 0.794. The summed E-state index contributed by atoms with van der Waals surface area (Å²) in [6.45, 7) is 0.724. The summed E-state index contributed by atoms with van der Waals surface area (Å²) in [5.74, 6) is -2.10. The Hall–Kier alpha value is -2.54. The Balaban J connectivity index is 1.82. The fourth-order valence-corrected chi connectivity index (χ4v) is 3.26. The third-order valence-electron chi connectivity index (χ3n) is 4.60. The van der Waals surface area contributed by atoms with Crippen LogP contribution in [0.15, 0.2) is 41.3 Å². The summed E-state index contributed by atoms with van der Waals surface area (Å²) in [4.78, 5) is 25.9. The molecular weight excluding hydrogens is 328 g/mol. The average Bonchev–Trinajstić information content (AvgIpc) is 2.93. The Kier molecular flexibility index (Phi) is 4.67. The van der Waals surface area contributed by atoms with Crippen molar-refractivity contribution < 1.29 is 13.6 Å². The predicted octanol–water partition coefficient (Wildman–Crippen LogP) is 1.84. The monoisotopic (exact) mass is 347 g/mol. The number of rotatable bonds is 3. The number of aromatic nitrogens is 1. The first-order valence-corrected chi connectivity index (χ1v) is 7.99. The van der Waals surface area contributed by atoms with Crippen LogP contribution < -0.4 is 10.9 Å². The predicted molar refractivity (Wildman–Crippen MR) is 89.3 cm³/mol. The molecule has 2 heterocycles. The van der Waals surface area contributed by atoms with Gasteiger partial charge in [-0.05, 0) is 37.2 Å². The molecule has 2 atom stereocenters. The first-order chi connectivity index (χ1) is 11.9. The van der Waals surface area contributed by atoms with E-state index in [0.29, 0.717) is 17.5 Å². The molecule has 0 aliphatic carbocycles. The van der Waals surface area contributed by atoms with Crippen molar-refractivity contribution in [3.05, 3.63) is 69.6 Å². The number of amides is 1. The summed E-state index contributed by atoms with van der Waals surface area (Å²) < 4.78 is 28.1. The highest BCUT2D eigenvalue weighted by atomic mass is 19.2. The number of halogens is 2. The number of carbonyl (C=O) groups is 1. The van der Waals surface area contributed by atoms with Gasteiger partial charge < -0.3 is 9.88 Å². The highest BCUT2D eigenvalue weighted by molar-refractivity contribution is 5.94. The molecule has 7 heteroatoms. The van der Waals surface area contributed by atoms with Crippen LogP contribution in [0.2, 0.25) is 0 Å². The van der Waals surface area contributed by atoms with Crippen molar-refractivity contribution >= 4 is 5.91 Å². The normalized spacial score (nSPS) is 20.6. The molecule has 3 rings (SSSR count). The van der Waals surface area contributed by atoms with Crippen molar-refractivity contribution in [3.63, 3.8) is 0 Å². The third kappa shape index (κ3) is 3.46. The van der Waals surface area contributed by atoms with E-state index in [4.69, 9.17) is 0 Å². The molecule has 1 saturated heterocycles. The van der Waals surface area contributed by atoms with Gasteiger partial charge in [-0.1, -0.05) is 6.07 Å². The summed E-state index contributed by atoms with van der Waals surface area (Å²) in [7, 11) is 3.46. The maximum atomic E-state index is 13.6. The molecule has 1 aromatic heterocycles. The van der Waals surface area contributed by atoms with Gasteiger partial charge >= 0.3 is 0 Å². The van der Waals surface area contributed by atoms with Crippen molar-refractivity contribution in [1.29, 1.82) is 0 Å². The van der Waals surface area contributed by atoms with Gasteiger partial charge in [0, 0.05) is 25.9 Å². The van der Waals surface area contributed by atoms with E-state index < -0.39 is 11.6 Å². The number of pyridine rings is 1. The fraction of sp³-hybridized carbons (Fsp3) is 0.333. The number of hydrogen-bond acceptors (Lipinski definition) is 3. The lowest BCUT2D eigenvalue weighted by Crippen LogP contribution is -2.39. The van der Waals surface area contributed by atoms with Crippen molar-refractivity contribution in [3.8, 4) is 0 Å². The molecule has 0 spiro atoms. The van der Waals surface area contributed by atoms with E-state index in [0.717, 1.165) is 12.6 Å². The van der Waals surface area contributed by atoms with Gasteiger partial charge in [0.05, 0.1) is 17.6 Å². The number of aryl methyl sites for hydroxylation is 1. The molecule has 1 aliphatic heterocycles. The zero-order chi connectivity index (χ0) is 18.1. The molecule has 1 N–H and O–H groups in total. The maximum absolute atomic E-state index is 13.6. The standard InChI is InChI=1S/C18H19F2N3O2/c1-22-8-7-15(17(22)11-3-5-13(19)14(20)9-11)21-18(25)12-4-6-16(24)23(2)10-12/h3-6,9-10,15,17H,7-8H2,1-2H3,(H,21,25). The van der Waals surface area contributed by atoms with E-state index in [-0.39, 0.29) is 23.6 Å². The Morgan fingerprint density at radius 1 is 1.16 bits per heavy atom. The zero-order valence-electron chi connectivity index (χ0n) is 14.0. The molecular formula is C18H19F2N3O2. The topological polar surface area (TPSA) is 54.3 Å². The van der Waals surface area contributed by atoms with E-state index in [1.54, 1.807) is 7.05 Å². The molecule has 25 heavy (non-hydrogen) atoms. The Labute approximate surface area is 143 Å². The first-order valence-electron chi connectivity index (χ1n) is 7.99. The van der Waals surface area contributed by atoms with Crippen LogP contribution in [0.25, 0.3) is 0 Å². The number of likely N-dealkylation sites (N-methyl/N-ethyl adjacent to an activating group) is 1. The zero-order valence-corrected chi connectivity index (χ0v) is 14.0. The minimum atomic E-state index is -0.902. The molecule has 1 aromatic carbocycles. The molecule has 132 valence electrons. The molecule has 2 aromatic rings. The molecule has 0 saturated carbocycles. The van der Waals surface area contributed by atoms with Gasteiger partial charge in [-0.25, -0.2) is 8.78 Å². The summed E-state index contributed by atoms with van der Waals surface area (Å²) in [5, 5.41) is 2.94. The van der Waals surface area contributed by atoms with E-state index in [1.807, 2.05) is 11.9 Å².